The molecule has 0 amide bonds. The second-order valence-electron chi connectivity index (χ2n) is 13.0. The lowest BCUT2D eigenvalue weighted by molar-refractivity contribution is 0.0525. The SMILES string of the molecule is CCOC(=O)c1ccc(OCCCCCCOc2ccc(-c3ccc(C#N)cc3)cc2)c(OCCCCCCOc2ccc(-c3ccc(C#N)cc3)cc2)c1. The van der Waals surface area contributed by atoms with Crippen molar-refractivity contribution in [2.24, 2.45) is 0 Å². The van der Waals surface area contributed by atoms with Crippen LogP contribution in [-0.4, -0.2) is 39.0 Å². The number of hydrogen-bond acceptors (Lipinski definition) is 8. The van der Waals surface area contributed by atoms with E-state index in [9.17, 15) is 4.79 Å². The number of esters is 1. The van der Waals surface area contributed by atoms with E-state index in [0.717, 1.165) is 85.1 Å². The molecule has 0 radical (unpaired) electrons. The average Bonchev–Trinajstić information content (AvgIpc) is 3.23. The molecular weight excluding hydrogens is 689 g/mol. The minimum absolute atomic E-state index is 0.304. The van der Waals surface area contributed by atoms with Gasteiger partial charge in [-0.25, -0.2) is 4.79 Å². The van der Waals surface area contributed by atoms with Crippen molar-refractivity contribution in [3.63, 3.8) is 0 Å². The highest BCUT2D eigenvalue weighted by Gasteiger charge is 2.13. The maximum absolute atomic E-state index is 12.4. The Labute approximate surface area is 324 Å². The molecule has 0 aromatic heterocycles. The van der Waals surface area contributed by atoms with Gasteiger partial charge in [0.05, 0.1) is 61.9 Å². The lowest BCUT2D eigenvalue weighted by atomic mass is 10.0. The summed E-state index contributed by atoms with van der Waals surface area (Å²) < 4.78 is 29.3. The van der Waals surface area contributed by atoms with Gasteiger partial charge in [-0.05, 0) is 147 Å². The van der Waals surface area contributed by atoms with Gasteiger partial charge >= 0.3 is 5.97 Å². The fourth-order valence-electron chi connectivity index (χ4n) is 5.90. The number of hydrogen-bond donors (Lipinski definition) is 0. The summed E-state index contributed by atoms with van der Waals surface area (Å²) in [6.07, 6.45) is 7.66. The first-order chi connectivity index (χ1) is 27.1. The van der Waals surface area contributed by atoms with Crippen molar-refractivity contribution in [3.8, 4) is 57.4 Å². The van der Waals surface area contributed by atoms with Crippen LogP contribution in [0.4, 0.5) is 0 Å². The van der Waals surface area contributed by atoms with Crippen molar-refractivity contribution in [1.82, 2.24) is 0 Å². The summed E-state index contributed by atoms with van der Waals surface area (Å²) in [5, 5.41) is 18.0. The van der Waals surface area contributed by atoms with Gasteiger partial charge in [-0.1, -0.05) is 48.5 Å². The fourth-order valence-corrected chi connectivity index (χ4v) is 5.90. The monoisotopic (exact) mass is 736 g/mol. The van der Waals surface area contributed by atoms with Crippen LogP contribution in [0.2, 0.25) is 0 Å². The molecule has 5 aromatic rings. The van der Waals surface area contributed by atoms with E-state index in [4.69, 9.17) is 34.2 Å². The molecular formula is C47H48N2O6. The zero-order chi connectivity index (χ0) is 38.5. The summed E-state index contributed by atoms with van der Waals surface area (Å²) in [7, 11) is 0. The van der Waals surface area contributed by atoms with E-state index in [-0.39, 0.29) is 5.97 Å². The number of ether oxygens (including phenoxy) is 5. The molecule has 0 bridgehead atoms. The maximum atomic E-state index is 12.4. The summed E-state index contributed by atoms with van der Waals surface area (Å²) in [5.74, 6) is 2.47. The molecule has 0 spiro atoms. The predicted octanol–water partition coefficient (Wildman–Crippen LogP) is 11.0. The van der Waals surface area contributed by atoms with Crippen LogP contribution in [0.15, 0.2) is 115 Å². The number of carbonyl (C=O) groups excluding carboxylic acids is 1. The normalized spacial score (nSPS) is 10.5. The zero-order valence-electron chi connectivity index (χ0n) is 31.5. The van der Waals surface area contributed by atoms with Crippen LogP contribution in [0.25, 0.3) is 22.3 Å². The Morgan fingerprint density at radius 3 is 1.25 bits per heavy atom. The molecule has 0 N–H and O–H groups in total. The van der Waals surface area contributed by atoms with Gasteiger partial charge in [0.15, 0.2) is 11.5 Å². The smallest absolute Gasteiger partial charge is 0.338 e. The molecule has 0 aliphatic heterocycles. The summed E-state index contributed by atoms with van der Waals surface area (Å²) in [4.78, 5) is 12.4. The minimum atomic E-state index is -0.382. The van der Waals surface area contributed by atoms with Crippen LogP contribution < -0.4 is 18.9 Å². The number of nitrogens with zero attached hydrogens (tertiary/aromatic N) is 2. The molecule has 0 aliphatic rings. The highest BCUT2D eigenvalue weighted by molar-refractivity contribution is 5.90. The molecule has 8 heteroatoms. The Bertz CT molecular complexity index is 1990. The fraction of sp³-hybridized carbons (Fsp3) is 0.298. The largest absolute Gasteiger partial charge is 0.494 e. The quantitative estimate of drug-likeness (QED) is 0.0510. The van der Waals surface area contributed by atoms with E-state index in [0.29, 0.717) is 61.2 Å². The highest BCUT2D eigenvalue weighted by atomic mass is 16.5. The van der Waals surface area contributed by atoms with E-state index < -0.39 is 0 Å². The van der Waals surface area contributed by atoms with Crippen LogP contribution in [0, 0.1) is 22.7 Å². The zero-order valence-corrected chi connectivity index (χ0v) is 31.5. The lowest BCUT2D eigenvalue weighted by Gasteiger charge is -2.14. The molecule has 0 heterocycles. The third-order valence-electron chi connectivity index (χ3n) is 8.99. The van der Waals surface area contributed by atoms with Gasteiger partial charge in [-0.15, -0.1) is 0 Å². The molecule has 0 unspecified atom stereocenters. The Hall–Kier alpha value is -6.25. The average molecular weight is 737 g/mol. The summed E-state index contributed by atoms with van der Waals surface area (Å²) in [6.45, 7) is 4.43. The molecule has 5 aromatic carbocycles. The number of rotatable bonds is 22. The number of unbranched alkanes of at least 4 members (excludes halogenated alkanes) is 6. The first-order valence-corrected chi connectivity index (χ1v) is 19.1. The second kappa shape index (κ2) is 22.1. The van der Waals surface area contributed by atoms with E-state index in [1.54, 1.807) is 25.1 Å². The Kier molecular flexibility index (Phi) is 16.0. The minimum Gasteiger partial charge on any atom is -0.494 e. The van der Waals surface area contributed by atoms with Gasteiger partial charge in [0.2, 0.25) is 0 Å². The molecule has 0 fully saturated rings. The van der Waals surface area contributed by atoms with Gasteiger partial charge < -0.3 is 23.7 Å². The van der Waals surface area contributed by atoms with Crippen molar-refractivity contribution in [2.45, 2.75) is 58.3 Å². The van der Waals surface area contributed by atoms with E-state index in [2.05, 4.69) is 12.1 Å². The summed E-state index contributed by atoms with van der Waals surface area (Å²) in [6, 6.07) is 40.7. The third-order valence-corrected chi connectivity index (χ3v) is 8.99. The summed E-state index contributed by atoms with van der Waals surface area (Å²) in [5.41, 5.74) is 6.03. The van der Waals surface area contributed by atoms with Gasteiger partial charge in [-0.2, -0.15) is 10.5 Å². The van der Waals surface area contributed by atoms with E-state index in [1.165, 1.54) is 0 Å². The summed E-state index contributed by atoms with van der Waals surface area (Å²) >= 11 is 0. The van der Waals surface area contributed by atoms with Crippen LogP contribution in [-0.2, 0) is 4.74 Å². The van der Waals surface area contributed by atoms with Gasteiger partial charge in [0, 0.05) is 0 Å². The Morgan fingerprint density at radius 1 is 0.473 bits per heavy atom. The first kappa shape index (κ1) is 39.9. The van der Waals surface area contributed by atoms with Gasteiger partial charge in [0.1, 0.15) is 11.5 Å². The standard InChI is InChI=1S/C47H48N2O6/c1-2-51-47(50)42-23-28-45(54-31-9-5-3-7-29-52-43-24-19-40(20-25-43)38-15-11-36(34-48)12-16-38)46(33-42)55-32-10-6-4-8-30-53-44-26-21-41(22-27-44)39-17-13-37(35-49)14-18-39/h11-28,33H,2-10,29-32H2,1H3. The van der Waals surface area contributed by atoms with E-state index >= 15 is 0 Å². The van der Waals surface area contributed by atoms with Crippen molar-refractivity contribution in [2.75, 3.05) is 33.0 Å². The van der Waals surface area contributed by atoms with Gasteiger partial charge in [0.25, 0.3) is 0 Å². The van der Waals surface area contributed by atoms with E-state index in [1.807, 2.05) is 97.1 Å². The molecule has 0 aliphatic carbocycles. The molecule has 0 atom stereocenters. The maximum Gasteiger partial charge on any atom is 0.338 e. The molecule has 5 rings (SSSR count). The second-order valence-corrected chi connectivity index (χ2v) is 13.0. The topological polar surface area (TPSA) is 111 Å². The van der Waals surface area contributed by atoms with Crippen LogP contribution in [0.3, 0.4) is 0 Å². The van der Waals surface area contributed by atoms with Crippen molar-refractivity contribution in [1.29, 1.82) is 10.5 Å². The van der Waals surface area contributed by atoms with Crippen LogP contribution >= 0.6 is 0 Å². The number of benzene rings is 5. The predicted molar refractivity (Wildman–Crippen MR) is 215 cm³/mol. The Morgan fingerprint density at radius 2 is 0.855 bits per heavy atom. The Balaban J connectivity index is 0.959. The molecule has 55 heavy (non-hydrogen) atoms. The van der Waals surface area contributed by atoms with Crippen molar-refractivity contribution < 1.29 is 28.5 Å². The number of carbonyl (C=O) groups is 1. The first-order valence-electron chi connectivity index (χ1n) is 19.1. The number of nitriles is 2. The highest BCUT2D eigenvalue weighted by Crippen LogP contribution is 2.30. The van der Waals surface area contributed by atoms with Crippen LogP contribution in [0.1, 0.15) is 79.8 Å². The third kappa shape index (κ3) is 13.0. The van der Waals surface area contributed by atoms with Crippen molar-refractivity contribution >= 4 is 5.97 Å². The van der Waals surface area contributed by atoms with Gasteiger partial charge in [-0.3, -0.25) is 0 Å². The molecule has 0 saturated heterocycles. The lowest BCUT2D eigenvalue weighted by Crippen LogP contribution is -2.07. The van der Waals surface area contributed by atoms with Crippen molar-refractivity contribution in [3.05, 3.63) is 132 Å². The molecule has 282 valence electrons. The molecule has 8 nitrogen and oxygen atoms in total. The van der Waals surface area contributed by atoms with Crippen LogP contribution in [0.5, 0.6) is 23.0 Å². The molecule has 0 saturated carbocycles.